The Kier molecular flexibility index (Phi) is 14.9. The highest BCUT2D eigenvalue weighted by atomic mass is 35.5. The van der Waals surface area contributed by atoms with Gasteiger partial charge in [0.2, 0.25) is 11.2 Å². The van der Waals surface area contributed by atoms with Crippen LogP contribution in [-0.4, -0.2) is 141 Å². The number of nitrogens with one attached hydrogen (secondary N) is 1. The van der Waals surface area contributed by atoms with E-state index in [1.54, 1.807) is 0 Å². The molecule has 274 valence electrons. The lowest BCUT2D eigenvalue weighted by Gasteiger charge is -2.39. The number of carbonyl (C=O) groups is 4. The van der Waals surface area contributed by atoms with Crippen molar-refractivity contribution in [2.24, 2.45) is 5.92 Å². The van der Waals surface area contributed by atoms with E-state index in [1.807, 2.05) is 4.90 Å². The van der Waals surface area contributed by atoms with Crippen molar-refractivity contribution in [1.82, 2.24) is 25.1 Å². The third-order valence-corrected chi connectivity index (χ3v) is 7.56. The minimum atomic E-state index is -1.17. The molecule has 0 bridgehead atoms. The molecule has 0 aliphatic carbocycles. The summed E-state index contributed by atoms with van der Waals surface area (Å²) in [6.07, 6.45) is 2.19. The maximum Gasteiger partial charge on any atom is 0.303 e. The first-order valence-electron chi connectivity index (χ1n) is 15.9. The summed E-state index contributed by atoms with van der Waals surface area (Å²) in [5, 5.41) is 7.68. The molecule has 4 atom stereocenters. The summed E-state index contributed by atoms with van der Waals surface area (Å²) in [6, 6.07) is 0. The Morgan fingerprint density at radius 1 is 0.920 bits per heavy atom. The summed E-state index contributed by atoms with van der Waals surface area (Å²) in [4.78, 5) is 58.8. The van der Waals surface area contributed by atoms with Crippen LogP contribution >= 0.6 is 11.6 Å². The van der Waals surface area contributed by atoms with E-state index >= 15 is 0 Å². The topological polar surface area (TPSA) is 201 Å². The standard InChI is InChI=1S/C31H41ClN6O12/c1-5-7-43-9-11-45-13-14-46-12-10-44-8-6-33-29(42)22-16-37(17-22)27-23-15-34-38(28(23)36-31(32)35-27)30-26(49-21(4)41)25(48-20(3)40)24(50-30)18-47-19(2)39/h1,15,22,24-26,30H,6-14,16-18H2,2-4H3,(H,33,42)/t24?,25-,26-,30-/m1/s1. The van der Waals surface area contributed by atoms with E-state index in [0.29, 0.717) is 77.1 Å². The van der Waals surface area contributed by atoms with Gasteiger partial charge in [0.1, 0.15) is 25.1 Å². The molecule has 0 radical (unpaired) electrons. The number of terminal acetylenes is 1. The van der Waals surface area contributed by atoms with Crippen molar-refractivity contribution >= 4 is 52.3 Å². The summed E-state index contributed by atoms with van der Waals surface area (Å²) in [5.41, 5.74) is 0.240. The van der Waals surface area contributed by atoms with Crippen molar-refractivity contribution in [2.75, 3.05) is 84.0 Å². The van der Waals surface area contributed by atoms with Gasteiger partial charge in [-0.3, -0.25) is 19.2 Å². The first-order chi connectivity index (χ1) is 24.1. The molecule has 1 amide bonds. The fourth-order valence-corrected chi connectivity index (χ4v) is 5.36. The Morgan fingerprint density at radius 3 is 2.16 bits per heavy atom. The number of halogens is 1. The van der Waals surface area contributed by atoms with Crippen molar-refractivity contribution in [3.05, 3.63) is 11.5 Å². The van der Waals surface area contributed by atoms with E-state index in [2.05, 4.69) is 26.3 Å². The maximum absolute atomic E-state index is 12.7. The molecule has 2 aromatic rings. The molecule has 4 rings (SSSR count). The Bertz CT molecular complexity index is 1510. The predicted molar refractivity (Wildman–Crippen MR) is 173 cm³/mol. The molecular formula is C31H41ClN6O12. The van der Waals surface area contributed by atoms with E-state index in [4.69, 9.17) is 55.9 Å². The van der Waals surface area contributed by atoms with Gasteiger partial charge >= 0.3 is 17.9 Å². The van der Waals surface area contributed by atoms with Crippen molar-refractivity contribution < 1.29 is 57.1 Å². The monoisotopic (exact) mass is 724 g/mol. The Balaban J connectivity index is 1.28. The highest BCUT2D eigenvalue weighted by Gasteiger charge is 2.51. The molecule has 2 saturated heterocycles. The van der Waals surface area contributed by atoms with Crippen LogP contribution in [0.1, 0.15) is 27.0 Å². The summed E-state index contributed by atoms with van der Waals surface area (Å²) in [6.45, 7) is 7.50. The van der Waals surface area contributed by atoms with E-state index in [9.17, 15) is 19.2 Å². The second kappa shape index (κ2) is 19.3. The van der Waals surface area contributed by atoms with Crippen LogP contribution in [0.3, 0.4) is 0 Å². The van der Waals surface area contributed by atoms with E-state index in [0.717, 1.165) is 0 Å². The van der Waals surface area contributed by atoms with Gasteiger partial charge in [-0.15, -0.1) is 6.42 Å². The summed E-state index contributed by atoms with van der Waals surface area (Å²) in [7, 11) is 0. The number of anilines is 1. The first-order valence-corrected chi connectivity index (χ1v) is 16.3. The molecule has 2 fully saturated rings. The van der Waals surface area contributed by atoms with Crippen molar-refractivity contribution in [2.45, 2.75) is 45.3 Å². The second-order valence-electron chi connectivity index (χ2n) is 11.1. The van der Waals surface area contributed by atoms with Gasteiger partial charge in [0, 0.05) is 40.4 Å². The molecule has 2 aliphatic rings. The van der Waals surface area contributed by atoms with Gasteiger partial charge in [-0.05, 0) is 11.6 Å². The van der Waals surface area contributed by atoms with Crippen LogP contribution in [-0.2, 0) is 57.1 Å². The smallest absolute Gasteiger partial charge is 0.303 e. The average molecular weight is 725 g/mol. The average Bonchev–Trinajstić information content (AvgIpc) is 3.59. The zero-order valence-electron chi connectivity index (χ0n) is 28.0. The zero-order chi connectivity index (χ0) is 36.0. The van der Waals surface area contributed by atoms with Crippen LogP contribution in [0.25, 0.3) is 11.0 Å². The number of amides is 1. The van der Waals surface area contributed by atoms with Crippen LogP contribution in [0.4, 0.5) is 5.82 Å². The van der Waals surface area contributed by atoms with E-state index in [-0.39, 0.29) is 36.0 Å². The maximum atomic E-state index is 12.7. The molecule has 18 nitrogen and oxygen atoms in total. The minimum absolute atomic E-state index is 0.100. The molecule has 1 unspecified atom stereocenters. The molecule has 0 spiro atoms. The number of rotatable bonds is 20. The highest BCUT2D eigenvalue weighted by Crippen LogP contribution is 2.38. The molecule has 0 saturated carbocycles. The lowest BCUT2D eigenvalue weighted by Crippen LogP contribution is -2.54. The summed E-state index contributed by atoms with van der Waals surface area (Å²) >= 11 is 6.33. The Morgan fingerprint density at radius 2 is 1.54 bits per heavy atom. The van der Waals surface area contributed by atoms with Crippen molar-refractivity contribution in [3.63, 3.8) is 0 Å². The number of carbonyl (C=O) groups excluding carboxylic acids is 4. The van der Waals surface area contributed by atoms with Crippen molar-refractivity contribution in [1.29, 1.82) is 0 Å². The van der Waals surface area contributed by atoms with E-state index < -0.39 is 42.4 Å². The fraction of sp³-hybridized carbons (Fsp3) is 0.645. The van der Waals surface area contributed by atoms with Gasteiger partial charge in [-0.2, -0.15) is 15.1 Å². The SMILES string of the molecule is C#CCOCCOCCOCCOCCNC(=O)C1CN(c2nc(Cl)nc3c2cnn3[C@@H]2OC(COC(C)=O)[C@@H](OC(C)=O)[C@H]2OC(C)=O)C1. The molecule has 19 heteroatoms. The first kappa shape index (κ1) is 38.7. The molecule has 0 aromatic carbocycles. The number of aromatic nitrogens is 4. The summed E-state index contributed by atoms with van der Waals surface area (Å²) < 4.78 is 44.9. The lowest BCUT2D eigenvalue weighted by molar-refractivity contribution is -0.166. The number of nitrogens with zero attached hydrogens (tertiary/aromatic N) is 5. The molecular weight excluding hydrogens is 684 g/mol. The molecule has 4 heterocycles. The van der Waals surface area contributed by atoms with Gasteiger partial charge < -0.3 is 48.1 Å². The van der Waals surface area contributed by atoms with Crippen molar-refractivity contribution in [3.8, 4) is 12.3 Å². The van der Waals surface area contributed by atoms with Gasteiger partial charge in [0.25, 0.3) is 0 Å². The normalized spacial score (nSPS) is 20.3. The third kappa shape index (κ3) is 10.9. The Labute approximate surface area is 293 Å². The van der Waals surface area contributed by atoms with Crippen LogP contribution in [0.2, 0.25) is 5.28 Å². The quantitative estimate of drug-likeness (QED) is 0.0631. The molecule has 50 heavy (non-hydrogen) atoms. The van der Waals surface area contributed by atoms with Gasteiger partial charge in [0.05, 0.1) is 63.7 Å². The number of esters is 3. The second-order valence-corrected chi connectivity index (χ2v) is 11.5. The highest BCUT2D eigenvalue weighted by molar-refractivity contribution is 6.28. The molecule has 2 aromatic heterocycles. The Hall–Kier alpha value is -4.12. The van der Waals surface area contributed by atoms with Gasteiger partial charge in [0.15, 0.2) is 24.1 Å². The fourth-order valence-electron chi connectivity index (χ4n) is 5.20. The zero-order valence-corrected chi connectivity index (χ0v) is 28.8. The molecule has 2 aliphatic heterocycles. The lowest BCUT2D eigenvalue weighted by atomic mass is 9.99. The predicted octanol–water partition coefficient (Wildman–Crippen LogP) is 0.0556. The minimum Gasteiger partial charge on any atom is -0.463 e. The summed E-state index contributed by atoms with van der Waals surface area (Å²) in [5.74, 6) is 0.490. The van der Waals surface area contributed by atoms with Gasteiger partial charge in [-0.25, -0.2) is 4.68 Å². The third-order valence-electron chi connectivity index (χ3n) is 7.39. The van der Waals surface area contributed by atoms with Crippen LogP contribution in [0.15, 0.2) is 6.20 Å². The molecule has 1 N–H and O–H groups in total. The number of hydrogen-bond donors (Lipinski definition) is 1. The van der Waals surface area contributed by atoms with Crippen LogP contribution in [0.5, 0.6) is 0 Å². The number of fused-ring (bicyclic) bond motifs is 1. The number of hydrogen-bond acceptors (Lipinski definition) is 16. The van der Waals surface area contributed by atoms with Gasteiger partial charge in [-0.1, -0.05) is 5.92 Å². The van der Waals surface area contributed by atoms with Crippen LogP contribution < -0.4 is 10.2 Å². The van der Waals surface area contributed by atoms with E-state index in [1.165, 1.54) is 31.6 Å². The number of ether oxygens (including phenoxy) is 8. The largest absolute Gasteiger partial charge is 0.463 e. The van der Waals surface area contributed by atoms with Crippen LogP contribution in [0, 0.1) is 18.3 Å².